The highest BCUT2D eigenvalue weighted by atomic mass is 35.5. The Balaban J connectivity index is 1.63. The lowest BCUT2D eigenvalue weighted by Gasteiger charge is -2.22. The van der Waals surface area contributed by atoms with E-state index in [0.29, 0.717) is 27.3 Å². The number of benzene rings is 3. The molecule has 1 aromatic heterocycles. The molecule has 0 saturated heterocycles. The summed E-state index contributed by atoms with van der Waals surface area (Å²) in [5, 5.41) is 1.01. The number of halogens is 2. The Morgan fingerprint density at radius 1 is 0.879 bits per heavy atom. The third kappa shape index (κ3) is 5.78. The van der Waals surface area contributed by atoms with Crippen molar-refractivity contribution in [3.05, 3.63) is 112 Å². The van der Waals surface area contributed by atoms with Gasteiger partial charge in [-0.3, -0.25) is 0 Å². The lowest BCUT2D eigenvalue weighted by molar-refractivity contribution is 0.358. The van der Waals surface area contributed by atoms with Gasteiger partial charge in [0.1, 0.15) is 17.3 Å². The van der Waals surface area contributed by atoms with Gasteiger partial charge in [-0.1, -0.05) is 41.4 Å². The lowest BCUT2D eigenvalue weighted by atomic mass is 10.2. The Bertz CT molecular complexity index is 1340. The minimum absolute atomic E-state index is 0.0725. The van der Waals surface area contributed by atoms with E-state index in [0.717, 1.165) is 11.1 Å². The van der Waals surface area contributed by atoms with Crippen molar-refractivity contribution in [2.45, 2.75) is 24.9 Å². The predicted molar refractivity (Wildman–Crippen MR) is 129 cm³/mol. The molecule has 0 saturated carbocycles. The van der Waals surface area contributed by atoms with Crippen molar-refractivity contribution in [3.8, 4) is 11.5 Å². The van der Waals surface area contributed by atoms with Crippen LogP contribution in [-0.2, 0) is 23.1 Å². The second-order valence-corrected chi connectivity index (χ2v) is 10.2. The molecular weight excluding hydrogens is 481 g/mol. The van der Waals surface area contributed by atoms with Gasteiger partial charge in [-0.15, -0.1) is 0 Å². The van der Waals surface area contributed by atoms with Crippen LogP contribution in [0, 0.1) is 6.92 Å². The summed E-state index contributed by atoms with van der Waals surface area (Å²) >= 11 is 12.1. The van der Waals surface area contributed by atoms with E-state index in [2.05, 4.69) is 0 Å². The molecule has 8 heteroatoms. The van der Waals surface area contributed by atoms with Crippen molar-refractivity contribution in [2.75, 3.05) is 0 Å². The first-order valence-corrected chi connectivity index (χ1v) is 12.3. The first-order valence-electron chi connectivity index (χ1n) is 10.1. The fraction of sp³-hybridized carbons (Fsp3) is 0.120. The van der Waals surface area contributed by atoms with Crippen molar-refractivity contribution in [2.24, 2.45) is 0 Å². The second kappa shape index (κ2) is 10.0. The monoisotopic (exact) mass is 501 g/mol. The van der Waals surface area contributed by atoms with Gasteiger partial charge in [0.25, 0.3) is 0 Å². The highest BCUT2D eigenvalue weighted by Crippen LogP contribution is 2.28. The van der Waals surface area contributed by atoms with Gasteiger partial charge in [0.2, 0.25) is 10.0 Å². The highest BCUT2D eigenvalue weighted by molar-refractivity contribution is 7.89. The summed E-state index contributed by atoms with van der Waals surface area (Å²) in [5.74, 6) is 1.75. The molecule has 3 aromatic carbocycles. The topological polar surface area (TPSA) is 59.8 Å². The van der Waals surface area contributed by atoms with Crippen LogP contribution in [0.15, 0.2) is 94.4 Å². The SMILES string of the molecule is Cc1ccc(S(=O)(=O)N(Cc2cccc(Oc3ccc(Cl)cc3)c2)Cc2ccco2)cc1Cl. The van der Waals surface area contributed by atoms with Gasteiger partial charge in [0, 0.05) is 16.6 Å². The summed E-state index contributed by atoms with van der Waals surface area (Å²) in [4.78, 5) is 0.123. The van der Waals surface area contributed by atoms with Crippen molar-refractivity contribution < 1.29 is 17.6 Å². The van der Waals surface area contributed by atoms with Crippen LogP contribution in [0.5, 0.6) is 11.5 Å². The zero-order chi connectivity index (χ0) is 23.4. The van der Waals surface area contributed by atoms with Gasteiger partial charge >= 0.3 is 0 Å². The molecule has 0 amide bonds. The molecule has 5 nitrogen and oxygen atoms in total. The number of ether oxygens (including phenoxy) is 1. The number of nitrogens with zero attached hydrogens (tertiary/aromatic N) is 1. The van der Waals surface area contributed by atoms with Crippen LogP contribution in [-0.4, -0.2) is 12.7 Å². The molecule has 1 heterocycles. The minimum atomic E-state index is -3.86. The molecule has 0 spiro atoms. The molecule has 0 radical (unpaired) electrons. The smallest absolute Gasteiger partial charge is 0.243 e. The predicted octanol–water partition coefficient (Wildman–Crippen LogP) is 7.08. The summed E-state index contributed by atoms with van der Waals surface area (Å²) in [7, 11) is -3.86. The van der Waals surface area contributed by atoms with E-state index >= 15 is 0 Å². The van der Waals surface area contributed by atoms with Crippen LogP contribution in [0.4, 0.5) is 0 Å². The number of aryl methyl sites for hydroxylation is 1. The zero-order valence-electron chi connectivity index (χ0n) is 17.7. The van der Waals surface area contributed by atoms with Crippen LogP contribution in [0.1, 0.15) is 16.9 Å². The van der Waals surface area contributed by atoms with E-state index in [1.165, 1.54) is 16.6 Å². The minimum Gasteiger partial charge on any atom is -0.468 e. The Hall–Kier alpha value is -2.77. The van der Waals surface area contributed by atoms with Crippen molar-refractivity contribution in [1.82, 2.24) is 4.31 Å². The maximum atomic E-state index is 13.5. The third-order valence-electron chi connectivity index (χ3n) is 5.00. The standard InChI is InChI=1S/C25H21Cl2NO4S/c1-18-7-12-24(15-25(18)27)33(29,30)28(17-23-6-3-13-31-23)16-19-4-2-5-22(14-19)32-21-10-8-20(26)9-11-21/h2-15H,16-17H2,1H3. The fourth-order valence-corrected chi connectivity index (χ4v) is 5.03. The van der Waals surface area contributed by atoms with Gasteiger partial charge in [-0.05, 0) is 78.7 Å². The van der Waals surface area contributed by atoms with Crippen molar-refractivity contribution in [3.63, 3.8) is 0 Å². The number of rotatable bonds is 8. The quantitative estimate of drug-likeness (QED) is 0.258. The molecule has 4 rings (SSSR count). The average Bonchev–Trinajstić information content (AvgIpc) is 3.30. The second-order valence-electron chi connectivity index (χ2n) is 7.47. The number of hydrogen-bond acceptors (Lipinski definition) is 4. The molecule has 0 unspecified atom stereocenters. The maximum absolute atomic E-state index is 13.5. The van der Waals surface area contributed by atoms with E-state index in [1.807, 2.05) is 25.1 Å². The van der Waals surface area contributed by atoms with Gasteiger partial charge in [-0.2, -0.15) is 4.31 Å². The third-order valence-corrected chi connectivity index (χ3v) is 7.45. The Labute approximate surface area is 203 Å². The van der Waals surface area contributed by atoms with E-state index in [-0.39, 0.29) is 18.0 Å². The molecule has 0 N–H and O–H groups in total. The van der Waals surface area contributed by atoms with Crippen LogP contribution < -0.4 is 4.74 Å². The molecule has 170 valence electrons. The Kier molecular flexibility index (Phi) is 7.10. The largest absolute Gasteiger partial charge is 0.468 e. The molecule has 0 atom stereocenters. The average molecular weight is 502 g/mol. The molecule has 0 aliphatic heterocycles. The van der Waals surface area contributed by atoms with Gasteiger partial charge in [-0.25, -0.2) is 8.42 Å². The molecular formula is C25H21Cl2NO4S. The molecule has 0 aliphatic carbocycles. The first kappa shape index (κ1) is 23.4. The summed E-state index contributed by atoms with van der Waals surface area (Å²) in [6, 6.07) is 22.5. The summed E-state index contributed by atoms with van der Waals surface area (Å²) < 4.78 is 39.7. The van der Waals surface area contributed by atoms with E-state index in [1.54, 1.807) is 54.6 Å². The van der Waals surface area contributed by atoms with E-state index in [4.69, 9.17) is 32.4 Å². The van der Waals surface area contributed by atoms with Gasteiger partial charge in [0.05, 0.1) is 17.7 Å². The number of furan rings is 1. The lowest BCUT2D eigenvalue weighted by Crippen LogP contribution is -2.30. The number of hydrogen-bond donors (Lipinski definition) is 0. The van der Waals surface area contributed by atoms with E-state index < -0.39 is 10.0 Å². The summed E-state index contributed by atoms with van der Waals surface area (Å²) in [6.45, 7) is 2.01. The van der Waals surface area contributed by atoms with Crippen molar-refractivity contribution >= 4 is 33.2 Å². The van der Waals surface area contributed by atoms with Crippen LogP contribution >= 0.6 is 23.2 Å². The van der Waals surface area contributed by atoms with Crippen LogP contribution in [0.2, 0.25) is 10.0 Å². The molecule has 0 fully saturated rings. The first-order chi connectivity index (χ1) is 15.8. The molecule has 4 aromatic rings. The highest BCUT2D eigenvalue weighted by Gasteiger charge is 2.26. The fourth-order valence-electron chi connectivity index (χ4n) is 3.24. The molecule has 0 bridgehead atoms. The Morgan fingerprint density at radius 2 is 1.67 bits per heavy atom. The maximum Gasteiger partial charge on any atom is 0.243 e. The van der Waals surface area contributed by atoms with Gasteiger partial charge < -0.3 is 9.15 Å². The molecule has 0 aliphatic rings. The van der Waals surface area contributed by atoms with Crippen molar-refractivity contribution in [1.29, 1.82) is 0 Å². The Morgan fingerprint density at radius 3 is 2.36 bits per heavy atom. The summed E-state index contributed by atoms with van der Waals surface area (Å²) in [6.07, 6.45) is 1.52. The molecule has 33 heavy (non-hydrogen) atoms. The van der Waals surface area contributed by atoms with E-state index in [9.17, 15) is 8.42 Å². The van der Waals surface area contributed by atoms with Gasteiger partial charge in [0.15, 0.2) is 0 Å². The number of sulfonamides is 1. The zero-order valence-corrected chi connectivity index (χ0v) is 20.1. The van der Waals surface area contributed by atoms with Crippen LogP contribution in [0.25, 0.3) is 0 Å². The van der Waals surface area contributed by atoms with Crippen LogP contribution in [0.3, 0.4) is 0 Å². The summed E-state index contributed by atoms with van der Waals surface area (Å²) in [5.41, 5.74) is 1.56. The normalized spacial score (nSPS) is 11.6.